The largest absolute Gasteiger partial charge is 0.469 e. The van der Waals surface area contributed by atoms with E-state index in [2.05, 4.69) is 11.3 Å². The van der Waals surface area contributed by atoms with Crippen LogP contribution in [-0.2, 0) is 9.53 Å². The van der Waals surface area contributed by atoms with Crippen molar-refractivity contribution in [2.24, 2.45) is 0 Å². The summed E-state index contributed by atoms with van der Waals surface area (Å²) in [7, 11) is 1.42. The maximum absolute atomic E-state index is 10.9. The maximum atomic E-state index is 10.9. The van der Waals surface area contributed by atoms with E-state index in [0.717, 1.165) is 12.0 Å². The van der Waals surface area contributed by atoms with Crippen molar-refractivity contribution in [3.8, 4) is 0 Å². The highest BCUT2D eigenvalue weighted by Gasteiger charge is 2.17. The third kappa shape index (κ3) is 3.85. The molecule has 0 aromatic rings. The number of hydrogen-bond acceptors (Lipinski definition) is 3. The van der Waals surface area contributed by atoms with Crippen LogP contribution < -0.4 is 0 Å². The molecule has 1 aliphatic heterocycles. The summed E-state index contributed by atoms with van der Waals surface area (Å²) in [6, 6.07) is 0. The fourth-order valence-electron chi connectivity index (χ4n) is 1.48. The summed E-state index contributed by atoms with van der Waals surface area (Å²) in [6.07, 6.45) is 3.93. The van der Waals surface area contributed by atoms with Crippen molar-refractivity contribution in [3.63, 3.8) is 0 Å². The molecule has 0 radical (unpaired) electrons. The molecule has 1 atom stereocenters. The van der Waals surface area contributed by atoms with E-state index in [1.54, 1.807) is 0 Å². The molecule has 1 rings (SSSR count). The van der Waals surface area contributed by atoms with Crippen molar-refractivity contribution >= 4 is 17.7 Å². The van der Waals surface area contributed by atoms with Gasteiger partial charge in [0.25, 0.3) is 0 Å². The first-order valence-corrected chi connectivity index (χ1v) is 5.62. The number of hydrogen-bond donors (Lipinski definition) is 0. The first kappa shape index (κ1) is 10.6. The molecule has 0 spiro atoms. The molecule has 3 heteroatoms. The predicted octanol–water partition coefficient (Wildman–Crippen LogP) is 2.39. The van der Waals surface area contributed by atoms with E-state index in [9.17, 15) is 4.79 Å². The average molecular weight is 200 g/mol. The second-order valence-corrected chi connectivity index (χ2v) is 4.75. The number of esters is 1. The van der Waals surface area contributed by atoms with E-state index in [1.165, 1.54) is 25.7 Å². The molecule has 1 saturated heterocycles. The molecule has 0 saturated carbocycles. The zero-order chi connectivity index (χ0) is 9.68. The highest BCUT2D eigenvalue weighted by atomic mass is 32.2. The minimum absolute atomic E-state index is 0.173. The number of carbonyl (C=O) groups is 1. The van der Waals surface area contributed by atoms with Gasteiger partial charge in [-0.05, 0) is 25.0 Å². The first-order valence-electron chi connectivity index (χ1n) is 4.57. The summed E-state index contributed by atoms with van der Waals surface area (Å²) < 4.78 is 4.58. The van der Waals surface area contributed by atoms with Gasteiger partial charge >= 0.3 is 5.97 Å². The maximum Gasteiger partial charge on any atom is 0.309 e. The highest BCUT2D eigenvalue weighted by Crippen LogP contribution is 2.31. The summed E-state index contributed by atoms with van der Waals surface area (Å²) in [5.74, 6) is 1.09. The summed E-state index contributed by atoms with van der Waals surface area (Å²) >= 11 is 1.99. The van der Waals surface area contributed by atoms with Gasteiger partial charge in [0.15, 0.2) is 0 Å². The second kappa shape index (κ2) is 5.32. The van der Waals surface area contributed by atoms with E-state index >= 15 is 0 Å². The molecular weight excluding hydrogens is 184 g/mol. The Kier molecular flexibility index (Phi) is 4.36. The Morgan fingerprint density at radius 2 is 2.46 bits per heavy atom. The molecule has 0 aromatic heterocycles. The van der Waals surface area contributed by atoms with Crippen LogP contribution in [0.25, 0.3) is 0 Å². The van der Waals surface area contributed by atoms with Crippen LogP contribution in [0.15, 0.2) is 12.2 Å². The van der Waals surface area contributed by atoms with Crippen LogP contribution in [0, 0.1) is 0 Å². The van der Waals surface area contributed by atoms with Crippen molar-refractivity contribution in [1.29, 1.82) is 0 Å². The Bertz CT molecular complexity index is 195. The smallest absolute Gasteiger partial charge is 0.309 e. The third-order valence-electron chi connectivity index (χ3n) is 2.16. The molecule has 1 aliphatic rings. The summed E-state index contributed by atoms with van der Waals surface area (Å²) in [6.45, 7) is 3.89. The van der Waals surface area contributed by atoms with Crippen LogP contribution in [0.5, 0.6) is 0 Å². The quantitative estimate of drug-likeness (QED) is 0.515. The third-order valence-corrected chi connectivity index (χ3v) is 3.56. The fourth-order valence-corrected chi connectivity index (χ4v) is 2.83. The Labute approximate surface area is 83.7 Å². The van der Waals surface area contributed by atoms with Gasteiger partial charge in [0, 0.05) is 5.25 Å². The molecule has 2 nitrogen and oxygen atoms in total. The van der Waals surface area contributed by atoms with Gasteiger partial charge in [-0.3, -0.25) is 4.79 Å². The zero-order valence-corrected chi connectivity index (χ0v) is 8.86. The van der Waals surface area contributed by atoms with E-state index in [1.807, 2.05) is 11.8 Å². The van der Waals surface area contributed by atoms with Crippen LogP contribution in [0.2, 0.25) is 0 Å². The molecule has 13 heavy (non-hydrogen) atoms. The molecule has 0 N–H and O–H groups in total. The number of methoxy groups -OCH3 is 1. The van der Waals surface area contributed by atoms with Gasteiger partial charge in [0.2, 0.25) is 0 Å². The SMILES string of the molecule is C=C(CC(=O)OC)CC1CCCS1. The number of thioether (sulfide) groups is 1. The normalized spacial score (nSPS) is 21.5. The van der Waals surface area contributed by atoms with Crippen LogP contribution in [-0.4, -0.2) is 24.1 Å². The lowest BCUT2D eigenvalue weighted by Gasteiger charge is -2.09. The minimum atomic E-state index is -0.173. The topological polar surface area (TPSA) is 26.3 Å². The summed E-state index contributed by atoms with van der Waals surface area (Å²) in [4.78, 5) is 10.9. The number of carbonyl (C=O) groups excluding carboxylic acids is 1. The van der Waals surface area contributed by atoms with Crippen molar-refractivity contribution < 1.29 is 9.53 Å². The van der Waals surface area contributed by atoms with E-state index < -0.39 is 0 Å². The molecule has 0 aromatic carbocycles. The van der Waals surface area contributed by atoms with Crippen LogP contribution in [0.3, 0.4) is 0 Å². The lowest BCUT2D eigenvalue weighted by molar-refractivity contribution is -0.139. The van der Waals surface area contributed by atoms with Gasteiger partial charge in [0.05, 0.1) is 13.5 Å². The van der Waals surface area contributed by atoms with Crippen molar-refractivity contribution in [3.05, 3.63) is 12.2 Å². The van der Waals surface area contributed by atoms with Crippen molar-refractivity contribution in [1.82, 2.24) is 0 Å². The average Bonchev–Trinajstić information content (AvgIpc) is 2.56. The summed E-state index contributed by atoms with van der Waals surface area (Å²) in [5, 5.41) is 0.692. The molecule has 0 bridgehead atoms. The van der Waals surface area contributed by atoms with Crippen LogP contribution in [0.4, 0.5) is 0 Å². The Morgan fingerprint density at radius 1 is 1.69 bits per heavy atom. The first-order chi connectivity index (χ1) is 6.22. The van der Waals surface area contributed by atoms with Crippen molar-refractivity contribution in [2.75, 3.05) is 12.9 Å². The molecule has 74 valence electrons. The van der Waals surface area contributed by atoms with Gasteiger partial charge in [-0.15, -0.1) is 0 Å². The molecule has 0 amide bonds. The van der Waals surface area contributed by atoms with Crippen LogP contribution >= 0.6 is 11.8 Å². The van der Waals surface area contributed by atoms with Gasteiger partial charge in [-0.25, -0.2) is 0 Å². The number of rotatable bonds is 4. The lowest BCUT2D eigenvalue weighted by atomic mass is 10.1. The minimum Gasteiger partial charge on any atom is -0.469 e. The van der Waals surface area contributed by atoms with E-state index in [4.69, 9.17) is 0 Å². The Hall–Kier alpha value is -0.440. The predicted molar refractivity (Wildman–Crippen MR) is 55.9 cm³/mol. The monoisotopic (exact) mass is 200 g/mol. The summed E-state index contributed by atoms with van der Waals surface area (Å²) in [5.41, 5.74) is 1.01. The molecular formula is C10H16O2S. The van der Waals surface area contributed by atoms with Crippen molar-refractivity contribution in [2.45, 2.75) is 30.9 Å². The van der Waals surface area contributed by atoms with Gasteiger partial charge in [0.1, 0.15) is 0 Å². The van der Waals surface area contributed by atoms with Crippen LogP contribution in [0.1, 0.15) is 25.7 Å². The lowest BCUT2D eigenvalue weighted by Crippen LogP contribution is -2.05. The zero-order valence-electron chi connectivity index (χ0n) is 8.04. The molecule has 1 unspecified atom stereocenters. The Morgan fingerprint density at radius 3 is 3.00 bits per heavy atom. The highest BCUT2D eigenvalue weighted by molar-refractivity contribution is 8.00. The Balaban J connectivity index is 2.20. The molecule has 1 fully saturated rings. The van der Waals surface area contributed by atoms with E-state index in [0.29, 0.717) is 11.7 Å². The second-order valence-electron chi connectivity index (χ2n) is 3.34. The molecule has 0 aliphatic carbocycles. The van der Waals surface area contributed by atoms with Gasteiger partial charge < -0.3 is 4.74 Å². The van der Waals surface area contributed by atoms with E-state index in [-0.39, 0.29) is 5.97 Å². The van der Waals surface area contributed by atoms with Gasteiger partial charge in [-0.2, -0.15) is 11.8 Å². The fraction of sp³-hybridized carbons (Fsp3) is 0.700. The molecule has 1 heterocycles. The standard InChI is InChI=1S/C10H16O2S/c1-8(7-10(11)12-2)6-9-4-3-5-13-9/h9H,1,3-7H2,2H3. The van der Waals surface area contributed by atoms with Gasteiger partial charge in [-0.1, -0.05) is 12.2 Å². The number of ether oxygens (including phenoxy) is 1.